The lowest BCUT2D eigenvalue weighted by Crippen LogP contribution is -2.12. The molecule has 0 aromatic carbocycles. The fourth-order valence-corrected chi connectivity index (χ4v) is 0.810. The summed E-state index contributed by atoms with van der Waals surface area (Å²) in [5, 5.41) is 0. The van der Waals surface area contributed by atoms with E-state index in [2.05, 4.69) is 4.74 Å². The van der Waals surface area contributed by atoms with Crippen molar-refractivity contribution in [3.05, 3.63) is 0 Å². The van der Waals surface area contributed by atoms with Crippen molar-refractivity contribution >= 4 is 17.6 Å². The highest BCUT2D eigenvalue weighted by Crippen LogP contribution is 2.04. The summed E-state index contributed by atoms with van der Waals surface area (Å²) in [6.45, 7) is 1.80. The number of methoxy groups -OCH3 is 1. The second kappa shape index (κ2) is 4.62. The average Bonchev–Trinajstić information content (AvgIpc) is 1.87. The van der Waals surface area contributed by atoms with Crippen molar-refractivity contribution in [2.24, 2.45) is 5.92 Å². The van der Waals surface area contributed by atoms with Crippen molar-refractivity contribution in [2.75, 3.05) is 13.0 Å². The van der Waals surface area contributed by atoms with Gasteiger partial charge in [0.05, 0.1) is 13.0 Å². The standard InChI is InChI=1S/C6H11ClO2/c1-5(3-4-7)6(8)9-2/h5H,3-4H2,1-2H3/t5-/m1/s1. The Balaban J connectivity index is 3.45. The average molecular weight is 151 g/mol. The van der Waals surface area contributed by atoms with Crippen molar-refractivity contribution in [1.29, 1.82) is 0 Å². The van der Waals surface area contributed by atoms with Crippen LogP contribution in [0.25, 0.3) is 0 Å². The monoisotopic (exact) mass is 150 g/mol. The first-order valence-electron chi connectivity index (χ1n) is 2.86. The zero-order chi connectivity index (χ0) is 7.28. The second-order valence-corrected chi connectivity index (χ2v) is 2.28. The highest BCUT2D eigenvalue weighted by Gasteiger charge is 2.10. The predicted molar refractivity (Wildman–Crippen MR) is 36.5 cm³/mol. The lowest BCUT2D eigenvalue weighted by atomic mass is 10.1. The molecule has 0 aromatic rings. The van der Waals surface area contributed by atoms with Crippen LogP contribution < -0.4 is 0 Å². The zero-order valence-corrected chi connectivity index (χ0v) is 6.44. The quantitative estimate of drug-likeness (QED) is 0.450. The first-order valence-corrected chi connectivity index (χ1v) is 3.39. The van der Waals surface area contributed by atoms with Gasteiger partial charge in [0.2, 0.25) is 0 Å². The second-order valence-electron chi connectivity index (χ2n) is 1.90. The summed E-state index contributed by atoms with van der Waals surface area (Å²) in [7, 11) is 1.38. The highest BCUT2D eigenvalue weighted by molar-refractivity contribution is 6.17. The number of carbonyl (C=O) groups excluding carboxylic acids is 1. The van der Waals surface area contributed by atoms with Crippen LogP contribution in [0.4, 0.5) is 0 Å². The van der Waals surface area contributed by atoms with E-state index < -0.39 is 0 Å². The molecule has 1 atom stereocenters. The molecule has 0 amide bonds. The maximum absolute atomic E-state index is 10.6. The number of ether oxygens (including phenoxy) is 1. The van der Waals surface area contributed by atoms with Gasteiger partial charge in [0, 0.05) is 5.88 Å². The van der Waals surface area contributed by atoms with E-state index in [-0.39, 0.29) is 11.9 Å². The maximum Gasteiger partial charge on any atom is 0.308 e. The van der Waals surface area contributed by atoms with E-state index in [0.29, 0.717) is 12.3 Å². The summed E-state index contributed by atoms with van der Waals surface area (Å²) >= 11 is 5.39. The van der Waals surface area contributed by atoms with Crippen molar-refractivity contribution in [3.8, 4) is 0 Å². The van der Waals surface area contributed by atoms with Gasteiger partial charge in [0.25, 0.3) is 0 Å². The van der Waals surface area contributed by atoms with Crippen LogP contribution in [0.15, 0.2) is 0 Å². The maximum atomic E-state index is 10.6. The summed E-state index contributed by atoms with van der Waals surface area (Å²) in [6.07, 6.45) is 0.689. The third-order valence-corrected chi connectivity index (χ3v) is 1.36. The van der Waals surface area contributed by atoms with Crippen LogP contribution in [0.5, 0.6) is 0 Å². The molecule has 0 aliphatic carbocycles. The molecular weight excluding hydrogens is 140 g/mol. The normalized spacial score (nSPS) is 12.8. The van der Waals surface area contributed by atoms with Gasteiger partial charge < -0.3 is 4.74 Å². The van der Waals surface area contributed by atoms with Gasteiger partial charge in [0.1, 0.15) is 0 Å². The van der Waals surface area contributed by atoms with Gasteiger partial charge in [-0.3, -0.25) is 4.79 Å². The molecule has 0 rings (SSSR count). The molecule has 0 saturated heterocycles. The third-order valence-electron chi connectivity index (χ3n) is 1.15. The fourth-order valence-electron chi connectivity index (χ4n) is 0.483. The van der Waals surface area contributed by atoms with Gasteiger partial charge in [-0.2, -0.15) is 0 Å². The molecule has 0 spiro atoms. The molecule has 9 heavy (non-hydrogen) atoms. The Bertz CT molecular complexity index is 93.1. The van der Waals surface area contributed by atoms with Gasteiger partial charge in [-0.1, -0.05) is 6.92 Å². The minimum absolute atomic E-state index is 0.0625. The lowest BCUT2D eigenvalue weighted by molar-refractivity contribution is -0.144. The van der Waals surface area contributed by atoms with Crippen LogP contribution in [-0.2, 0) is 9.53 Å². The summed E-state index contributed by atoms with van der Waals surface area (Å²) in [5.74, 6) is 0.263. The number of rotatable bonds is 3. The Morgan fingerprint density at radius 3 is 2.67 bits per heavy atom. The minimum Gasteiger partial charge on any atom is -0.469 e. The summed E-state index contributed by atoms with van der Waals surface area (Å²) in [6, 6.07) is 0. The van der Waals surface area contributed by atoms with Crippen molar-refractivity contribution in [2.45, 2.75) is 13.3 Å². The molecule has 0 aliphatic rings. The third kappa shape index (κ3) is 3.36. The Labute approximate surface area is 60.1 Å². The van der Waals surface area contributed by atoms with Crippen LogP contribution in [0.3, 0.4) is 0 Å². The van der Waals surface area contributed by atoms with Crippen LogP contribution in [0, 0.1) is 5.92 Å². The van der Waals surface area contributed by atoms with Gasteiger partial charge in [-0.05, 0) is 6.42 Å². The molecule has 0 radical (unpaired) electrons. The van der Waals surface area contributed by atoms with Gasteiger partial charge in [-0.15, -0.1) is 11.6 Å². The minimum atomic E-state index is -0.185. The number of esters is 1. The first-order chi connectivity index (χ1) is 4.22. The number of alkyl halides is 1. The van der Waals surface area contributed by atoms with Crippen LogP contribution in [-0.4, -0.2) is 19.0 Å². The summed E-state index contributed by atoms with van der Waals surface area (Å²) < 4.78 is 4.47. The van der Waals surface area contributed by atoms with Crippen molar-refractivity contribution in [3.63, 3.8) is 0 Å². The van der Waals surface area contributed by atoms with Crippen LogP contribution in [0.1, 0.15) is 13.3 Å². The summed E-state index contributed by atoms with van der Waals surface area (Å²) in [5.41, 5.74) is 0. The fraction of sp³-hybridized carbons (Fsp3) is 0.833. The molecule has 3 heteroatoms. The number of carbonyl (C=O) groups is 1. The lowest BCUT2D eigenvalue weighted by Gasteiger charge is -2.04. The smallest absolute Gasteiger partial charge is 0.308 e. The Morgan fingerprint density at radius 2 is 2.33 bits per heavy atom. The molecule has 54 valence electrons. The van der Waals surface area contributed by atoms with Crippen molar-refractivity contribution < 1.29 is 9.53 Å². The molecule has 0 saturated carbocycles. The van der Waals surface area contributed by atoms with E-state index in [1.165, 1.54) is 7.11 Å². The molecule has 0 aliphatic heterocycles. The van der Waals surface area contributed by atoms with Gasteiger partial charge in [0.15, 0.2) is 0 Å². The number of halogens is 1. The van der Waals surface area contributed by atoms with E-state index in [1.54, 1.807) is 6.92 Å². The van der Waals surface area contributed by atoms with E-state index in [9.17, 15) is 4.79 Å². The van der Waals surface area contributed by atoms with E-state index in [0.717, 1.165) is 0 Å². The van der Waals surface area contributed by atoms with Gasteiger partial charge in [-0.25, -0.2) is 0 Å². The molecule has 0 bridgehead atoms. The zero-order valence-electron chi connectivity index (χ0n) is 5.69. The topological polar surface area (TPSA) is 26.3 Å². The summed E-state index contributed by atoms with van der Waals surface area (Å²) in [4.78, 5) is 10.6. The number of hydrogen-bond acceptors (Lipinski definition) is 2. The van der Waals surface area contributed by atoms with E-state index in [4.69, 9.17) is 11.6 Å². The number of hydrogen-bond donors (Lipinski definition) is 0. The van der Waals surface area contributed by atoms with Crippen molar-refractivity contribution in [1.82, 2.24) is 0 Å². The molecule has 0 N–H and O–H groups in total. The first kappa shape index (κ1) is 8.76. The predicted octanol–water partition coefficient (Wildman–Crippen LogP) is 1.42. The van der Waals surface area contributed by atoms with Crippen LogP contribution >= 0.6 is 11.6 Å². The largest absolute Gasteiger partial charge is 0.469 e. The molecule has 0 aromatic heterocycles. The Kier molecular flexibility index (Phi) is 4.50. The molecule has 0 heterocycles. The Morgan fingerprint density at radius 1 is 1.78 bits per heavy atom. The molecule has 0 unspecified atom stereocenters. The molecule has 0 fully saturated rings. The molecule has 2 nitrogen and oxygen atoms in total. The Hall–Kier alpha value is -0.240. The SMILES string of the molecule is COC(=O)[C@H](C)CCCl. The highest BCUT2D eigenvalue weighted by atomic mass is 35.5. The van der Waals surface area contributed by atoms with E-state index >= 15 is 0 Å². The molecular formula is C6H11ClO2. The van der Waals surface area contributed by atoms with Gasteiger partial charge >= 0.3 is 5.97 Å². The van der Waals surface area contributed by atoms with Crippen LogP contribution in [0.2, 0.25) is 0 Å². The van der Waals surface area contributed by atoms with E-state index in [1.807, 2.05) is 0 Å².